The third kappa shape index (κ3) is 15.6. The SMILES string of the molecule is NC(N)=NCCCCCCCC(=O)NCCCC[C@H](N=C(N)N)C(=O)NCCN1CCC(NC(=O)C(=O)Nc2ccc(Cl)cc2)CC12CCCCC2. The van der Waals surface area contributed by atoms with Crippen LogP contribution in [0.4, 0.5) is 5.69 Å². The molecule has 1 saturated heterocycles. The number of carbonyl (C=O) groups is 4. The molecule has 52 heavy (non-hydrogen) atoms. The summed E-state index contributed by atoms with van der Waals surface area (Å²) in [5.41, 5.74) is 22.4. The zero-order chi connectivity index (χ0) is 37.8. The molecule has 1 heterocycles. The van der Waals surface area contributed by atoms with Crippen molar-refractivity contribution in [3.05, 3.63) is 29.3 Å². The number of piperidine rings is 1. The highest BCUT2D eigenvalue weighted by molar-refractivity contribution is 6.39. The molecule has 12 N–H and O–H groups in total. The van der Waals surface area contributed by atoms with Gasteiger partial charge in [-0.1, -0.05) is 50.1 Å². The molecule has 1 aromatic rings. The van der Waals surface area contributed by atoms with Crippen LogP contribution in [-0.2, 0) is 19.2 Å². The molecule has 2 atom stereocenters. The predicted octanol–water partition coefficient (Wildman–Crippen LogP) is 2.22. The smallest absolute Gasteiger partial charge is 0.313 e. The van der Waals surface area contributed by atoms with Crippen LogP contribution in [0, 0.1) is 0 Å². The average Bonchev–Trinajstić information content (AvgIpc) is 3.10. The summed E-state index contributed by atoms with van der Waals surface area (Å²) in [5, 5.41) is 12.1. The highest BCUT2D eigenvalue weighted by Crippen LogP contribution is 2.40. The summed E-state index contributed by atoms with van der Waals surface area (Å²) in [6, 6.07) is 5.77. The molecule has 1 aliphatic carbocycles. The van der Waals surface area contributed by atoms with E-state index in [4.69, 9.17) is 34.5 Å². The first-order chi connectivity index (χ1) is 25.0. The van der Waals surface area contributed by atoms with E-state index >= 15 is 0 Å². The highest BCUT2D eigenvalue weighted by atomic mass is 35.5. The lowest BCUT2D eigenvalue weighted by Crippen LogP contribution is -2.60. The number of benzene rings is 1. The maximum Gasteiger partial charge on any atom is 0.313 e. The summed E-state index contributed by atoms with van der Waals surface area (Å²) in [6.45, 7) is 2.99. The Kier molecular flexibility index (Phi) is 18.5. The number of aliphatic imine (C=N–C) groups is 2. The van der Waals surface area contributed by atoms with Crippen molar-refractivity contribution in [2.45, 2.75) is 120 Å². The number of likely N-dealkylation sites (tertiary alicyclic amines) is 1. The van der Waals surface area contributed by atoms with Crippen LogP contribution in [0.15, 0.2) is 34.3 Å². The molecule has 4 amide bonds. The molecule has 1 saturated carbocycles. The number of nitrogens with one attached hydrogen (secondary N) is 4. The van der Waals surface area contributed by atoms with E-state index in [1.54, 1.807) is 24.3 Å². The first-order valence-corrected chi connectivity index (χ1v) is 19.2. The Hall–Kier alpha value is -4.11. The van der Waals surface area contributed by atoms with Crippen molar-refractivity contribution >= 4 is 52.8 Å². The summed E-state index contributed by atoms with van der Waals surface area (Å²) in [4.78, 5) is 61.4. The van der Waals surface area contributed by atoms with Crippen LogP contribution in [0.5, 0.6) is 0 Å². The van der Waals surface area contributed by atoms with Crippen molar-refractivity contribution in [1.82, 2.24) is 20.9 Å². The topological polar surface area (TPSA) is 248 Å². The molecule has 1 aliphatic heterocycles. The van der Waals surface area contributed by atoms with Gasteiger partial charge in [-0.2, -0.15) is 0 Å². The third-order valence-corrected chi connectivity index (χ3v) is 10.1. The van der Waals surface area contributed by atoms with E-state index in [0.29, 0.717) is 69.0 Å². The molecule has 1 unspecified atom stereocenters. The number of rotatable bonds is 20. The van der Waals surface area contributed by atoms with Crippen molar-refractivity contribution in [2.75, 3.05) is 38.0 Å². The van der Waals surface area contributed by atoms with Crippen LogP contribution in [0.2, 0.25) is 5.02 Å². The van der Waals surface area contributed by atoms with Gasteiger partial charge in [0.1, 0.15) is 6.04 Å². The molecule has 15 nitrogen and oxygen atoms in total. The van der Waals surface area contributed by atoms with Crippen molar-refractivity contribution in [2.24, 2.45) is 32.9 Å². The second-order valence-corrected chi connectivity index (χ2v) is 14.4. The van der Waals surface area contributed by atoms with E-state index in [-0.39, 0.29) is 35.3 Å². The Morgan fingerprint density at radius 1 is 0.846 bits per heavy atom. The number of hydrogen-bond acceptors (Lipinski definition) is 7. The fraction of sp³-hybridized carbons (Fsp3) is 0.667. The van der Waals surface area contributed by atoms with Crippen molar-refractivity contribution in [3.8, 4) is 0 Å². The number of guanidine groups is 2. The molecule has 0 aromatic heterocycles. The number of amides is 4. The van der Waals surface area contributed by atoms with Gasteiger partial charge in [-0.3, -0.25) is 29.1 Å². The minimum absolute atomic E-state index is 0.0285. The molecule has 16 heteroatoms. The van der Waals surface area contributed by atoms with Crippen molar-refractivity contribution in [3.63, 3.8) is 0 Å². The van der Waals surface area contributed by atoms with Gasteiger partial charge in [-0.15, -0.1) is 0 Å². The third-order valence-electron chi connectivity index (χ3n) is 9.84. The van der Waals surface area contributed by atoms with Gasteiger partial charge >= 0.3 is 11.8 Å². The summed E-state index contributed by atoms with van der Waals surface area (Å²) < 4.78 is 0. The van der Waals surface area contributed by atoms with Gasteiger partial charge in [-0.05, 0) is 82.1 Å². The fourth-order valence-electron chi connectivity index (χ4n) is 7.19. The van der Waals surface area contributed by atoms with Crippen LogP contribution < -0.4 is 44.2 Å². The Bertz CT molecular complexity index is 1340. The Labute approximate surface area is 312 Å². The maximum atomic E-state index is 13.2. The quantitative estimate of drug-likeness (QED) is 0.0421. The van der Waals surface area contributed by atoms with Gasteiger partial charge < -0.3 is 44.2 Å². The molecule has 2 fully saturated rings. The van der Waals surface area contributed by atoms with Crippen LogP contribution in [0.1, 0.15) is 103 Å². The molecule has 3 rings (SSSR count). The van der Waals surface area contributed by atoms with E-state index in [1.807, 2.05) is 0 Å². The standard InChI is InChI=1S/C36H60ClN11O4/c37-26-13-15-27(16-14-26)45-32(51)33(52)46-28-17-23-48(36(25-28)18-7-4-8-19-36)24-22-43-31(50)29(47-35(40)41)11-6-10-20-42-30(49)12-5-2-1-3-9-21-44-34(38)39/h13-16,28-29H,1-12,17-25H2,(H,42,49)(H,43,50)(H,45,51)(H,46,52)(H4,38,39,44)(H4,40,41,47)/t28?,29-/m0/s1. The van der Waals surface area contributed by atoms with Gasteiger partial charge in [0.05, 0.1) is 0 Å². The van der Waals surface area contributed by atoms with Crippen LogP contribution >= 0.6 is 11.6 Å². The van der Waals surface area contributed by atoms with Crippen molar-refractivity contribution < 1.29 is 19.2 Å². The summed E-state index contributed by atoms with van der Waals surface area (Å²) in [6.07, 6.45) is 13.9. The Morgan fingerprint density at radius 2 is 1.56 bits per heavy atom. The summed E-state index contributed by atoms with van der Waals surface area (Å²) in [7, 11) is 0. The molecule has 1 aromatic carbocycles. The Morgan fingerprint density at radius 3 is 2.27 bits per heavy atom. The number of nitrogens with two attached hydrogens (primary N) is 4. The van der Waals surface area contributed by atoms with E-state index in [0.717, 1.165) is 70.8 Å². The zero-order valence-electron chi connectivity index (χ0n) is 30.5. The lowest BCUT2D eigenvalue weighted by Gasteiger charge is -2.52. The molecule has 290 valence electrons. The van der Waals surface area contributed by atoms with E-state index in [1.165, 1.54) is 6.42 Å². The molecule has 0 radical (unpaired) electrons. The molecule has 0 bridgehead atoms. The van der Waals surface area contributed by atoms with Crippen LogP contribution in [0.25, 0.3) is 0 Å². The predicted molar refractivity (Wildman–Crippen MR) is 206 cm³/mol. The normalized spacial score (nSPS) is 17.4. The second-order valence-electron chi connectivity index (χ2n) is 13.9. The number of hydrogen-bond donors (Lipinski definition) is 8. The largest absolute Gasteiger partial charge is 0.370 e. The minimum atomic E-state index is -0.712. The van der Waals surface area contributed by atoms with E-state index in [9.17, 15) is 19.2 Å². The number of nitrogens with zero attached hydrogens (tertiary/aromatic N) is 3. The zero-order valence-corrected chi connectivity index (χ0v) is 31.2. The van der Waals surface area contributed by atoms with Crippen LogP contribution in [0.3, 0.4) is 0 Å². The van der Waals surface area contributed by atoms with E-state index < -0.39 is 17.9 Å². The number of anilines is 1. The van der Waals surface area contributed by atoms with Gasteiger partial charge in [-0.25, -0.2) is 4.99 Å². The van der Waals surface area contributed by atoms with E-state index in [2.05, 4.69) is 36.2 Å². The number of halogens is 1. The fourth-order valence-corrected chi connectivity index (χ4v) is 7.32. The molecule has 1 spiro atoms. The van der Waals surface area contributed by atoms with Gasteiger partial charge in [0, 0.05) is 61.4 Å². The molecular weight excluding hydrogens is 686 g/mol. The van der Waals surface area contributed by atoms with Gasteiger partial charge in [0.2, 0.25) is 11.8 Å². The average molecular weight is 746 g/mol. The maximum absolute atomic E-state index is 13.2. The summed E-state index contributed by atoms with van der Waals surface area (Å²) in [5.74, 6) is -1.59. The molecule has 2 aliphatic rings. The molecular formula is C36H60ClN11O4. The van der Waals surface area contributed by atoms with Crippen molar-refractivity contribution in [1.29, 1.82) is 0 Å². The monoisotopic (exact) mass is 745 g/mol. The second kappa shape index (κ2) is 22.7. The van der Waals surface area contributed by atoms with Crippen LogP contribution in [-0.4, -0.2) is 90.8 Å². The first kappa shape index (κ1) is 42.3. The lowest BCUT2D eigenvalue weighted by atomic mass is 9.73. The number of unbranched alkanes of at least 4 members (excludes halogenated alkanes) is 5. The number of carbonyl (C=O) groups excluding carboxylic acids is 4. The van der Waals surface area contributed by atoms with Gasteiger partial charge in [0.25, 0.3) is 0 Å². The lowest BCUT2D eigenvalue weighted by molar-refractivity contribution is -0.137. The van der Waals surface area contributed by atoms with Gasteiger partial charge in [0.15, 0.2) is 11.9 Å². The highest BCUT2D eigenvalue weighted by Gasteiger charge is 2.43. The Balaban J connectivity index is 1.37. The first-order valence-electron chi connectivity index (χ1n) is 18.8. The summed E-state index contributed by atoms with van der Waals surface area (Å²) >= 11 is 5.92. The minimum Gasteiger partial charge on any atom is -0.370 e.